The lowest BCUT2D eigenvalue weighted by molar-refractivity contribution is -0.242. The fraction of sp³-hybridized carbons (Fsp3) is 0.211. The number of rotatable bonds is 6. The van der Waals surface area contributed by atoms with Crippen LogP contribution in [-0.4, -0.2) is 45.9 Å². The summed E-state index contributed by atoms with van der Waals surface area (Å²) in [6.45, 7) is 3.73. The second kappa shape index (κ2) is 8.09. The first-order valence-electron chi connectivity index (χ1n) is 8.44. The van der Waals surface area contributed by atoms with Crippen molar-refractivity contribution in [1.29, 1.82) is 0 Å². The van der Waals surface area contributed by atoms with Crippen molar-refractivity contribution in [1.82, 2.24) is 0 Å². The van der Waals surface area contributed by atoms with E-state index in [0.717, 1.165) is 54.8 Å². The second-order valence-electron chi connectivity index (χ2n) is 6.72. The molecule has 0 saturated heterocycles. The molecule has 12 heteroatoms. The van der Waals surface area contributed by atoms with E-state index in [1.165, 1.54) is 0 Å². The van der Waals surface area contributed by atoms with Crippen molar-refractivity contribution in [2.45, 2.75) is 33.4 Å². The first-order chi connectivity index (χ1) is 14.0. The van der Waals surface area contributed by atoms with Gasteiger partial charge in [0.25, 0.3) is 5.91 Å². The molecule has 0 aliphatic carbocycles. The molecule has 1 unspecified atom stereocenters. The van der Waals surface area contributed by atoms with Crippen LogP contribution in [0.2, 0.25) is 0 Å². The van der Waals surface area contributed by atoms with Gasteiger partial charge in [-0.25, -0.2) is 16.8 Å². The highest BCUT2D eigenvalue weighted by Gasteiger charge is 2.55. The highest BCUT2D eigenvalue weighted by Crippen LogP contribution is 2.32. The summed E-state index contributed by atoms with van der Waals surface area (Å²) in [5, 5.41) is 11.4. The molecule has 168 valence electrons. The molecule has 0 bridgehead atoms. The van der Waals surface area contributed by atoms with Crippen molar-refractivity contribution in [2.24, 2.45) is 0 Å². The van der Waals surface area contributed by atoms with E-state index in [4.69, 9.17) is 0 Å². The number of anilines is 1. The Morgan fingerprint density at radius 1 is 1.00 bits per heavy atom. The van der Waals surface area contributed by atoms with Crippen LogP contribution in [0, 0.1) is 0 Å². The topological polar surface area (TPSA) is 118 Å². The molecule has 0 heterocycles. The maximum absolute atomic E-state index is 12.8. The van der Waals surface area contributed by atoms with Crippen LogP contribution in [0.15, 0.2) is 63.7 Å². The summed E-state index contributed by atoms with van der Waals surface area (Å²) in [5.74, 6) is -1.75. The zero-order chi connectivity index (χ0) is 23.8. The minimum Gasteiger partial charge on any atom is -0.373 e. The third kappa shape index (κ3) is 4.97. The molecule has 0 aliphatic heterocycles. The smallest absolute Gasteiger partial charge is 0.373 e. The zero-order valence-corrected chi connectivity index (χ0v) is 17.9. The van der Waals surface area contributed by atoms with Crippen molar-refractivity contribution in [3.05, 3.63) is 54.6 Å². The summed E-state index contributed by atoms with van der Waals surface area (Å²) in [6.07, 6.45) is -3.15. The standard InChI is InChI=1S/C19H18F3NO6S2/c1-4-12-11-15(9-10-16(12)23-17(24)18(2,25)19(20,21)22)31(28,29)14-7-5-13(6-8-14)30(3,26)27/h4-11,25H,1H2,2-3H3,(H,23,24). The van der Waals surface area contributed by atoms with Gasteiger partial charge in [0, 0.05) is 11.9 Å². The lowest BCUT2D eigenvalue weighted by Crippen LogP contribution is -2.52. The molecular formula is C19H18F3NO6S2. The van der Waals surface area contributed by atoms with E-state index < -0.39 is 37.4 Å². The van der Waals surface area contributed by atoms with Crippen LogP contribution >= 0.6 is 0 Å². The minimum atomic E-state index is -5.23. The molecule has 1 atom stereocenters. The van der Waals surface area contributed by atoms with Gasteiger partial charge >= 0.3 is 6.18 Å². The van der Waals surface area contributed by atoms with Crippen molar-refractivity contribution in [3.8, 4) is 0 Å². The molecule has 7 nitrogen and oxygen atoms in total. The van der Waals surface area contributed by atoms with Gasteiger partial charge in [-0.05, 0) is 55.0 Å². The summed E-state index contributed by atoms with van der Waals surface area (Å²) in [6, 6.07) is 7.65. The quantitative estimate of drug-likeness (QED) is 0.661. The van der Waals surface area contributed by atoms with Gasteiger partial charge in [-0.2, -0.15) is 13.2 Å². The first-order valence-corrected chi connectivity index (χ1v) is 11.8. The maximum atomic E-state index is 12.8. The zero-order valence-electron chi connectivity index (χ0n) is 16.3. The molecule has 0 spiro atoms. The Kier molecular flexibility index (Phi) is 6.41. The number of sulfone groups is 2. The summed E-state index contributed by atoms with van der Waals surface area (Å²) in [4.78, 5) is 11.3. The monoisotopic (exact) mass is 477 g/mol. The number of carbonyl (C=O) groups is 1. The van der Waals surface area contributed by atoms with Gasteiger partial charge in [-0.3, -0.25) is 4.79 Å². The maximum Gasteiger partial charge on any atom is 0.426 e. The number of hydrogen-bond donors (Lipinski definition) is 2. The molecule has 0 radical (unpaired) electrons. The Labute approximate surface area is 177 Å². The molecule has 2 N–H and O–H groups in total. The lowest BCUT2D eigenvalue weighted by Gasteiger charge is -2.25. The fourth-order valence-corrected chi connectivity index (χ4v) is 4.29. The minimum absolute atomic E-state index is 0.0137. The summed E-state index contributed by atoms with van der Waals surface area (Å²) in [5.41, 5.74) is -3.88. The van der Waals surface area contributed by atoms with E-state index in [1.54, 1.807) is 0 Å². The number of halogens is 3. The second-order valence-corrected chi connectivity index (χ2v) is 10.7. The predicted molar refractivity (Wildman–Crippen MR) is 107 cm³/mol. The van der Waals surface area contributed by atoms with Crippen LogP contribution in [0.5, 0.6) is 0 Å². The number of aliphatic hydroxyl groups is 1. The van der Waals surface area contributed by atoms with Gasteiger partial charge in [0.2, 0.25) is 15.4 Å². The Balaban J connectivity index is 2.43. The molecule has 2 rings (SSSR count). The van der Waals surface area contributed by atoms with Crippen molar-refractivity contribution < 1.29 is 39.9 Å². The predicted octanol–water partition coefficient (Wildman–Crippen LogP) is 2.82. The van der Waals surface area contributed by atoms with Crippen LogP contribution < -0.4 is 5.32 Å². The molecule has 2 aromatic rings. The van der Waals surface area contributed by atoms with Crippen LogP contribution in [-0.2, 0) is 24.5 Å². The van der Waals surface area contributed by atoms with Crippen LogP contribution in [0.3, 0.4) is 0 Å². The van der Waals surface area contributed by atoms with Gasteiger partial charge in [0.1, 0.15) is 0 Å². The van der Waals surface area contributed by atoms with Gasteiger partial charge in [-0.15, -0.1) is 0 Å². The average Bonchev–Trinajstić information content (AvgIpc) is 2.66. The van der Waals surface area contributed by atoms with E-state index in [9.17, 15) is 39.9 Å². The van der Waals surface area contributed by atoms with Crippen LogP contribution in [0.4, 0.5) is 18.9 Å². The summed E-state index contributed by atoms with van der Waals surface area (Å²) >= 11 is 0. The Morgan fingerprint density at radius 2 is 1.48 bits per heavy atom. The highest BCUT2D eigenvalue weighted by atomic mass is 32.2. The Hall–Kier alpha value is -2.70. The Bertz CT molecular complexity index is 1230. The first kappa shape index (κ1) is 24.6. The van der Waals surface area contributed by atoms with Crippen LogP contribution in [0.25, 0.3) is 6.08 Å². The highest BCUT2D eigenvalue weighted by molar-refractivity contribution is 7.91. The van der Waals surface area contributed by atoms with Gasteiger partial charge < -0.3 is 10.4 Å². The fourth-order valence-electron chi connectivity index (χ4n) is 2.37. The molecule has 0 aromatic heterocycles. The molecule has 31 heavy (non-hydrogen) atoms. The number of carbonyl (C=O) groups excluding carboxylic acids is 1. The van der Waals surface area contributed by atoms with E-state index in [1.807, 2.05) is 5.32 Å². The van der Waals surface area contributed by atoms with Crippen molar-refractivity contribution in [3.63, 3.8) is 0 Å². The number of hydrogen-bond acceptors (Lipinski definition) is 6. The largest absolute Gasteiger partial charge is 0.426 e. The van der Waals surface area contributed by atoms with E-state index in [-0.39, 0.29) is 32.9 Å². The molecule has 0 aliphatic rings. The van der Waals surface area contributed by atoms with E-state index in [0.29, 0.717) is 0 Å². The number of amides is 1. The van der Waals surface area contributed by atoms with Crippen molar-refractivity contribution in [2.75, 3.05) is 11.6 Å². The summed E-state index contributed by atoms with van der Waals surface area (Å²) < 4.78 is 87.2. The van der Waals surface area contributed by atoms with Gasteiger partial charge in [0.15, 0.2) is 9.84 Å². The average molecular weight is 477 g/mol. The van der Waals surface area contributed by atoms with E-state index >= 15 is 0 Å². The molecule has 0 saturated carbocycles. The van der Waals surface area contributed by atoms with Crippen LogP contribution in [0.1, 0.15) is 12.5 Å². The van der Waals surface area contributed by atoms with Gasteiger partial charge in [-0.1, -0.05) is 12.7 Å². The molecular weight excluding hydrogens is 459 g/mol. The molecule has 2 aromatic carbocycles. The SMILES string of the molecule is C=Cc1cc(S(=O)(=O)c2ccc(S(C)(=O)=O)cc2)ccc1NC(=O)C(C)(O)C(F)(F)F. The summed E-state index contributed by atoms with van der Waals surface area (Å²) in [7, 11) is -7.64. The molecule has 0 fully saturated rings. The number of alkyl halides is 3. The number of benzene rings is 2. The van der Waals surface area contributed by atoms with Gasteiger partial charge in [0.05, 0.1) is 14.7 Å². The number of nitrogens with one attached hydrogen (secondary N) is 1. The third-order valence-corrected chi connectivity index (χ3v) is 7.25. The van der Waals surface area contributed by atoms with E-state index in [2.05, 4.69) is 6.58 Å². The lowest BCUT2D eigenvalue weighted by atomic mass is 10.0. The molecule has 1 amide bonds. The third-order valence-electron chi connectivity index (χ3n) is 4.36. The Morgan fingerprint density at radius 3 is 1.94 bits per heavy atom. The van der Waals surface area contributed by atoms with Crippen molar-refractivity contribution >= 4 is 37.3 Å². The normalized spacial score (nSPS) is 14.5.